The van der Waals surface area contributed by atoms with Gasteiger partial charge in [-0.05, 0) is 37.0 Å². The first-order chi connectivity index (χ1) is 9.30. The molecule has 0 aromatic heterocycles. The Balaban J connectivity index is 1.75. The minimum atomic E-state index is -2.94. The number of hydrogen-bond acceptors (Lipinski definition) is 3. The van der Waals surface area contributed by atoms with Crippen molar-refractivity contribution in [2.45, 2.75) is 52.0 Å². The van der Waals surface area contributed by atoms with Crippen molar-refractivity contribution >= 4 is 15.9 Å². The van der Waals surface area contributed by atoms with E-state index in [4.69, 9.17) is 0 Å². The summed E-state index contributed by atoms with van der Waals surface area (Å²) in [4.78, 5) is 11.9. The number of hydrogen-bond donors (Lipinski definition) is 2. The lowest BCUT2D eigenvalue weighted by molar-refractivity contribution is 0.101. The molecule has 6 heteroatoms. The fourth-order valence-electron chi connectivity index (χ4n) is 3.41. The lowest BCUT2D eigenvalue weighted by atomic mass is 9.64. The quantitative estimate of drug-likeness (QED) is 0.811. The lowest BCUT2D eigenvalue weighted by Gasteiger charge is -2.43. The second kappa shape index (κ2) is 5.92. The van der Waals surface area contributed by atoms with Crippen LogP contribution in [0.15, 0.2) is 0 Å². The Morgan fingerprint density at radius 1 is 1.35 bits per heavy atom. The van der Waals surface area contributed by atoms with Gasteiger partial charge in [0, 0.05) is 12.6 Å². The molecule has 0 aromatic carbocycles. The van der Waals surface area contributed by atoms with Gasteiger partial charge in [-0.2, -0.15) is 0 Å². The van der Waals surface area contributed by atoms with Crippen LogP contribution in [0.25, 0.3) is 0 Å². The van der Waals surface area contributed by atoms with Crippen molar-refractivity contribution in [2.24, 2.45) is 11.3 Å². The molecule has 1 heterocycles. The Labute approximate surface area is 121 Å². The maximum Gasteiger partial charge on any atom is 0.315 e. The van der Waals surface area contributed by atoms with Gasteiger partial charge in [0.15, 0.2) is 9.84 Å². The van der Waals surface area contributed by atoms with E-state index in [1.165, 1.54) is 19.3 Å². The number of amides is 2. The van der Waals surface area contributed by atoms with Crippen LogP contribution in [-0.2, 0) is 9.84 Å². The number of carbonyl (C=O) groups excluding carboxylic acids is 1. The number of sulfone groups is 1. The van der Waals surface area contributed by atoms with Crippen molar-refractivity contribution in [3.63, 3.8) is 0 Å². The number of rotatable bonds is 5. The summed E-state index contributed by atoms with van der Waals surface area (Å²) in [7, 11) is -2.94. The predicted molar refractivity (Wildman–Crippen MR) is 79.3 cm³/mol. The molecule has 0 radical (unpaired) electrons. The third-order valence-corrected chi connectivity index (χ3v) is 6.22. The Kier molecular flexibility index (Phi) is 4.62. The standard InChI is InChI=1S/C14H26N2O3S/c1-11(2)8-14(5-3-6-14)10-15-13(17)16-12-4-7-20(18,19)9-12/h11-12H,3-10H2,1-2H3,(H2,15,16,17). The molecular weight excluding hydrogens is 276 g/mol. The predicted octanol–water partition coefficient (Wildman–Crippen LogP) is 1.69. The van der Waals surface area contributed by atoms with Gasteiger partial charge in [0.1, 0.15) is 0 Å². The largest absolute Gasteiger partial charge is 0.338 e. The topological polar surface area (TPSA) is 75.3 Å². The first-order valence-corrected chi connectivity index (χ1v) is 9.37. The molecular formula is C14H26N2O3S. The van der Waals surface area contributed by atoms with Crippen molar-refractivity contribution in [1.29, 1.82) is 0 Å². The molecule has 2 amide bonds. The van der Waals surface area contributed by atoms with Gasteiger partial charge in [0.2, 0.25) is 0 Å². The van der Waals surface area contributed by atoms with Crippen molar-refractivity contribution in [1.82, 2.24) is 10.6 Å². The smallest absolute Gasteiger partial charge is 0.315 e. The Morgan fingerprint density at radius 2 is 2.05 bits per heavy atom. The average molecular weight is 302 g/mol. The van der Waals surface area contributed by atoms with Gasteiger partial charge in [0.25, 0.3) is 0 Å². The van der Waals surface area contributed by atoms with Gasteiger partial charge >= 0.3 is 6.03 Å². The number of urea groups is 1. The zero-order valence-corrected chi connectivity index (χ0v) is 13.3. The van der Waals surface area contributed by atoms with E-state index in [1.54, 1.807) is 0 Å². The maximum atomic E-state index is 11.9. The molecule has 2 N–H and O–H groups in total. The molecule has 1 saturated heterocycles. The Bertz CT molecular complexity index is 455. The third-order valence-electron chi connectivity index (χ3n) is 4.45. The minimum absolute atomic E-state index is 0.0809. The van der Waals surface area contributed by atoms with Crippen LogP contribution in [0.5, 0.6) is 0 Å². The van der Waals surface area contributed by atoms with Crippen LogP contribution in [0.1, 0.15) is 46.0 Å². The van der Waals surface area contributed by atoms with Crippen LogP contribution in [0, 0.1) is 11.3 Å². The molecule has 1 unspecified atom stereocenters. The van der Waals surface area contributed by atoms with Crippen LogP contribution >= 0.6 is 0 Å². The van der Waals surface area contributed by atoms with E-state index < -0.39 is 9.84 Å². The van der Waals surface area contributed by atoms with Gasteiger partial charge in [-0.3, -0.25) is 0 Å². The molecule has 1 aliphatic carbocycles. The zero-order chi connectivity index (χ0) is 14.8. The Hall–Kier alpha value is -0.780. The molecule has 20 heavy (non-hydrogen) atoms. The normalized spacial score (nSPS) is 27.1. The highest BCUT2D eigenvalue weighted by Gasteiger charge is 2.37. The van der Waals surface area contributed by atoms with Crippen molar-refractivity contribution in [3.8, 4) is 0 Å². The molecule has 2 fully saturated rings. The van der Waals surface area contributed by atoms with Crippen molar-refractivity contribution in [3.05, 3.63) is 0 Å². The second-order valence-corrected chi connectivity index (χ2v) is 9.11. The van der Waals surface area contributed by atoms with Crippen LogP contribution < -0.4 is 10.6 Å². The van der Waals surface area contributed by atoms with Crippen LogP contribution in [0.4, 0.5) is 4.79 Å². The minimum Gasteiger partial charge on any atom is -0.338 e. The summed E-state index contributed by atoms with van der Waals surface area (Å²) in [5.41, 5.74) is 0.271. The van der Waals surface area contributed by atoms with Gasteiger partial charge in [0.05, 0.1) is 11.5 Å². The summed E-state index contributed by atoms with van der Waals surface area (Å²) < 4.78 is 22.7. The van der Waals surface area contributed by atoms with Crippen molar-refractivity contribution in [2.75, 3.05) is 18.1 Å². The second-order valence-electron chi connectivity index (χ2n) is 6.88. The highest BCUT2D eigenvalue weighted by atomic mass is 32.2. The summed E-state index contributed by atoms with van der Waals surface area (Å²) in [6.07, 6.45) is 5.29. The van der Waals surface area contributed by atoms with E-state index in [2.05, 4.69) is 24.5 Å². The first kappa shape index (κ1) is 15.6. The molecule has 116 valence electrons. The molecule has 2 aliphatic rings. The van der Waals surface area contributed by atoms with Gasteiger partial charge in [-0.25, -0.2) is 13.2 Å². The lowest BCUT2D eigenvalue weighted by Crippen LogP contribution is -2.48. The summed E-state index contributed by atoms with van der Waals surface area (Å²) in [6, 6.07) is -0.440. The number of nitrogens with one attached hydrogen (secondary N) is 2. The molecule has 0 bridgehead atoms. The van der Waals surface area contributed by atoms with Gasteiger partial charge in [-0.1, -0.05) is 20.3 Å². The van der Waals surface area contributed by atoms with E-state index in [9.17, 15) is 13.2 Å². The fraction of sp³-hybridized carbons (Fsp3) is 0.929. The summed E-state index contributed by atoms with van der Waals surface area (Å²) in [5.74, 6) is 0.910. The average Bonchev–Trinajstić information content (AvgIpc) is 2.61. The summed E-state index contributed by atoms with van der Waals surface area (Å²) in [5, 5.41) is 5.72. The molecule has 1 saturated carbocycles. The highest BCUT2D eigenvalue weighted by molar-refractivity contribution is 7.91. The Morgan fingerprint density at radius 3 is 2.50 bits per heavy atom. The SMILES string of the molecule is CC(C)CC1(CNC(=O)NC2CCS(=O)(=O)C2)CCC1. The number of carbonyl (C=O) groups is 1. The summed E-state index contributed by atoms with van der Waals surface area (Å²) >= 11 is 0. The van der Waals surface area contributed by atoms with E-state index in [1.807, 2.05) is 0 Å². The van der Waals surface area contributed by atoms with E-state index in [0.29, 0.717) is 18.9 Å². The van der Waals surface area contributed by atoms with E-state index >= 15 is 0 Å². The molecule has 0 aromatic rings. The first-order valence-electron chi connectivity index (χ1n) is 7.55. The van der Waals surface area contributed by atoms with E-state index in [0.717, 1.165) is 6.42 Å². The molecule has 1 atom stereocenters. The monoisotopic (exact) mass is 302 g/mol. The molecule has 1 aliphatic heterocycles. The fourth-order valence-corrected chi connectivity index (χ4v) is 5.08. The van der Waals surface area contributed by atoms with Gasteiger partial charge < -0.3 is 10.6 Å². The highest BCUT2D eigenvalue weighted by Crippen LogP contribution is 2.45. The van der Waals surface area contributed by atoms with Crippen molar-refractivity contribution < 1.29 is 13.2 Å². The van der Waals surface area contributed by atoms with E-state index in [-0.39, 0.29) is 29.0 Å². The zero-order valence-electron chi connectivity index (χ0n) is 12.4. The van der Waals surface area contributed by atoms with Crippen LogP contribution in [0.3, 0.4) is 0 Å². The van der Waals surface area contributed by atoms with Crippen LogP contribution in [-0.4, -0.2) is 38.5 Å². The van der Waals surface area contributed by atoms with Crippen LogP contribution in [0.2, 0.25) is 0 Å². The third kappa shape index (κ3) is 4.11. The van der Waals surface area contributed by atoms with Gasteiger partial charge in [-0.15, -0.1) is 0 Å². The molecule has 2 rings (SSSR count). The molecule has 0 spiro atoms. The maximum absolute atomic E-state index is 11.9. The molecule has 5 nitrogen and oxygen atoms in total. The summed E-state index contributed by atoms with van der Waals surface area (Å²) in [6.45, 7) is 5.13.